The molecule has 0 saturated carbocycles. The van der Waals surface area contributed by atoms with Crippen molar-refractivity contribution in [3.63, 3.8) is 0 Å². The molecule has 1 aromatic carbocycles. The van der Waals surface area contributed by atoms with Gasteiger partial charge in [0.2, 0.25) is 11.8 Å². The van der Waals surface area contributed by atoms with Crippen molar-refractivity contribution in [2.45, 2.75) is 64.3 Å². The van der Waals surface area contributed by atoms with Gasteiger partial charge in [0.1, 0.15) is 23.7 Å². The summed E-state index contributed by atoms with van der Waals surface area (Å²) >= 11 is 1.29. The molecule has 2 unspecified atom stereocenters. The van der Waals surface area contributed by atoms with Crippen molar-refractivity contribution in [1.82, 2.24) is 30.1 Å². The predicted octanol–water partition coefficient (Wildman–Crippen LogP) is 4.03. The van der Waals surface area contributed by atoms with Crippen molar-refractivity contribution in [1.29, 1.82) is 0 Å². The zero-order chi connectivity index (χ0) is 35.5. The zero-order valence-electron chi connectivity index (χ0n) is 29.3. The number of carbonyl (C=O) groups excluding carboxylic acids is 4. The lowest BCUT2D eigenvalue weighted by Crippen LogP contribution is -2.54. The van der Waals surface area contributed by atoms with Crippen LogP contribution in [0.5, 0.6) is 0 Å². The Morgan fingerprint density at radius 1 is 1.02 bits per heavy atom. The SMILES string of the molecule is CCC1CN(C(=O)CCCCN2CCN(c3cc(Nc4ncc(C=O)s4)nc(C)n3)CC2)CCN1c1ccc(C(C=O)CCC(=O)NC)cc1. The van der Waals surface area contributed by atoms with E-state index < -0.39 is 0 Å². The summed E-state index contributed by atoms with van der Waals surface area (Å²) in [6, 6.07) is 10.3. The van der Waals surface area contributed by atoms with Gasteiger partial charge >= 0.3 is 0 Å². The van der Waals surface area contributed by atoms with Crippen LogP contribution in [-0.2, 0) is 14.4 Å². The molecule has 0 spiro atoms. The fourth-order valence-electron chi connectivity index (χ4n) is 6.67. The van der Waals surface area contributed by atoms with Crippen LogP contribution in [0.15, 0.2) is 36.5 Å². The minimum atomic E-state index is -0.302. The van der Waals surface area contributed by atoms with Gasteiger partial charge in [-0.2, -0.15) is 0 Å². The first-order valence-corrected chi connectivity index (χ1v) is 18.4. The molecule has 3 aromatic rings. The molecule has 13 nitrogen and oxygen atoms in total. The Bertz CT molecular complexity index is 1590. The van der Waals surface area contributed by atoms with E-state index in [-0.39, 0.29) is 23.8 Å². The maximum atomic E-state index is 13.2. The molecule has 2 amide bonds. The molecule has 2 aliphatic heterocycles. The number of aryl methyl sites for hydroxylation is 1. The molecule has 2 saturated heterocycles. The molecular weight excluding hydrogens is 655 g/mol. The highest BCUT2D eigenvalue weighted by molar-refractivity contribution is 7.17. The van der Waals surface area contributed by atoms with Gasteiger partial charge in [0.05, 0.1) is 11.1 Å². The molecule has 0 radical (unpaired) electrons. The smallest absolute Gasteiger partial charge is 0.222 e. The number of benzene rings is 1. The number of rotatable bonds is 16. The van der Waals surface area contributed by atoms with Crippen LogP contribution in [0.2, 0.25) is 0 Å². The number of hydrogen-bond acceptors (Lipinski definition) is 12. The average Bonchev–Trinajstić information content (AvgIpc) is 3.60. The molecule has 2 N–H and O–H groups in total. The van der Waals surface area contributed by atoms with Crippen molar-refractivity contribution in [3.8, 4) is 0 Å². The number of carbonyl (C=O) groups is 4. The van der Waals surface area contributed by atoms with Crippen LogP contribution in [0.4, 0.5) is 22.5 Å². The van der Waals surface area contributed by atoms with Gasteiger partial charge < -0.3 is 30.1 Å². The fraction of sp³-hybridized carbons (Fsp3) is 0.528. The van der Waals surface area contributed by atoms with Gasteiger partial charge in [-0.1, -0.05) is 30.4 Å². The van der Waals surface area contributed by atoms with E-state index in [4.69, 9.17) is 0 Å². The molecule has 268 valence electrons. The Balaban J connectivity index is 1.02. The topological polar surface area (TPSA) is 144 Å². The van der Waals surface area contributed by atoms with Crippen LogP contribution < -0.4 is 20.4 Å². The summed E-state index contributed by atoms with van der Waals surface area (Å²) in [6.45, 7) is 10.8. The van der Waals surface area contributed by atoms with E-state index in [1.807, 2.05) is 30.0 Å². The first-order valence-electron chi connectivity index (χ1n) is 17.6. The van der Waals surface area contributed by atoms with Crippen LogP contribution in [0.1, 0.15) is 72.4 Å². The highest BCUT2D eigenvalue weighted by Gasteiger charge is 2.29. The second-order valence-corrected chi connectivity index (χ2v) is 14.0. The summed E-state index contributed by atoms with van der Waals surface area (Å²) < 4.78 is 0. The number of thiazole rings is 1. The maximum Gasteiger partial charge on any atom is 0.222 e. The summed E-state index contributed by atoms with van der Waals surface area (Å²) in [6.07, 6.45) is 7.42. The standard InChI is InChI=1S/C36H49N9O4S/c1-4-29-23-44(19-20-45(29)30-11-8-27(9-12-30)28(24-46)10-13-34(48)37-3)35(49)7-5-6-14-42-15-17-43(18-16-42)33-21-32(39-26(2)40-33)41-36-38-22-31(25-47)50-36/h8-9,11-12,21-22,24-25,28-29H,4-7,10,13-20,23H2,1-3H3,(H,37,48)(H,38,39,40,41). The van der Waals surface area contributed by atoms with E-state index in [1.165, 1.54) is 11.3 Å². The number of nitrogens with zero attached hydrogens (tertiary/aromatic N) is 7. The third kappa shape index (κ3) is 9.84. The number of aromatic nitrogens is 3. The van der Waals surface area contributed by atoms with Gasteiger partial charge in [-0.05, 0) is 56.8 Å². The second kappa shape index (κ2) is 18.0. The minimum Gasteiger partial charge on any atom is -0.365 e. The van der Waals surface area contributed by atoms with Gasteiger partial charge in [-0.25, -0.2) is 15.0 Å². The van der Waals surface area contributed by atoms with Crippen molar-refractivity contribution >= 4 is 58.2 Å². The molecule has 5 rings (SSSR count). The predicted molar refractivity (Wildman–Crippen MR) is 197 cm³/mol. The fourth-order valence-corrected chi connectivity index (χ4v) is 7.30. The molecule has 4 heterocycles. The highest BCUT2D eigenvalue weighted by Crippen LogP contribution is 2.27. The van der Waals surface area contributed by atoms with Gasteiger partial charge in [0, 0.05) is 89.4 Å². The van der Waals surface area contributed by atoms with Crippen LogP contribution in [-0.4, -0.2) is 115 Å². The van der Waals surface area contributed by atoms with Gasteiger partial charge in [0.25, 0.3) is 0 Å². The molecule has 14 heteroatoms. The molecule has 2 aliphatic rings. The second-order valence-electron chi connectivity index (χ2n) is 12.9. The molecule has 0 aliphatic carbocycles. The summed E-state index contributed by atoms with van der Waals surface area (Å²) in [7, 11) is 1.60. The minimum absolute atomic E-state index is 0.0646. The van der Waals surface area contributed by atoms with Crippen LogP contribution >= 0.6 is 11.3 Å². The Morgan fingerprint density at radius 3 is 2.48 bits per heavy atom. The number of anilines is 4. The van der Waals surface area contributed by atoms with Crippen LogP contribution in [0, 0.1) is 6.92 Å². The maximum absolute atomic E-state index is 13.2. The Kier molecular flexibility index (Phi) is 13.3. The van der Waals surface area contributed by atoms with E-state index in [1.54, 1.807) is 13.2 Å². The molecule has 2 aromatic heterocycles. The number of nitrogens with one attached hydrogen (secondary N) is 2. The Morgan fingerprint density at radius 2 is 1.80 bits per heavy atom. The summed E-state index contributed by atoms with van der Waals surface area (Å²) in [5.74, 6) is 2.07. The van der Waals surface area contributed by atoms with Gasteiger partial charge in [0.15, 0.2) is 11.4 Å². The molecule has 50 heavy (non-hydrogen) atoms. The molecule has 2 fully saturated rings. The van der Waals surface area contributed by atoms with Crippen LogP contribution in [0.25, 0.3) is 0 Å². The summed E-state index contributed by atoms with van der Waals surface area (Å²) in [5, 5.41) is 6.42. The number of piperazine rings is 2. The quantitative estimate of drug-likeness (QED) is 0.165. The normalized spacial score (nSPS) is 17.3. The number of unbranched alkanes of at least 4 members (excludes halogenated alkanes) is 1. The summed E-state index contributed by atoms with van der Waals surface area (Å²) in [4.78, 5) is 70.6. The van der Waals surface area contributed by atoms with Gasteiger partial charge in [-0.3, -0.25) is 19.3 Å². The first kappa shape index (κ1) is 36.8. The van der Waals surface area contributed by atoms with E-state index in [0.717, 1.165) is 88.2 Å². The average molecular weight is 704 g/mol. The zero-order valence-corrected chi connectivity index (χ0v) is 30.2. The third-order valence-corrected chi connectivity index (χ3v) is 10.4. The Hall–Kier alpha value is -4.43. The van der Waals surface area contributed by atoms with E-state index in [2.05, 4.69) is 59.3 Å². The van der Waals surface area contributed by atoms with Crippen LogP contribution in [0.3, 0.4) is 0 Å². The lowest BCUT2D eigenvalue weighted by atomic mass is 9.95. The monoisotopic (exact) mass is 703 g/mol. The van der Waals surface area contributed by atoms with Gasteiger partial charge in [-0.15, -0.1) is 0 Å². The molecule has 0 bridgehead atoms. The third-order valence-electron chi connectivity index (χ3n) is 9.60. The largest absolute Gasteiger partial charge is 0.365 e. The summed E-state index contributed by atoms with van der Waals surface area (Å²) in [5.41, 5.74) is 2.02. The van der Waals surface area contributed by atoms with Crippen molar-refractivity contribution in [3.05, 3.63) is 52.8 Å². The van der Waals surface area contributed by atoms with Crippen molar-refractivity contribution < 1.29 is 19.2 Å². The van der Waals surface area contributed by atoms with E-state index in [9.17, 15) is 19.2 Å². The lowest BCUT2D eigenvalue weighted by molar-refractivity contribution is -0.132. The lowest BCUT2D eigenvalue weighted by Gasteiger charge is -2.42. The highest BCUT2D eigenvalue weighted by atomic mass is 32.1. The first-order chi connectivity index (χ1) is 24.3. The van der Waals surface area contributed by atoms with Crippen molar-refractivity contribution in [2.75, 3.05) is 74.5 Å². The molecular formula is C36H49N9O4S. The number of hydrogen-bond donors (Lipinski definition) is 2. The van der Waals surface area contributed by atoms with E-state index >= 15 is 0 Å². The molecule has 2 atom stereocenters. The Labute approximate surface area is 298 Å². The van der Waals surface area contributed by atoms with Crippen molar-refractivity contribution in [2.24, 2.45) is 0 Å². The number of aldehydes is 2. The number of amides is 2. The van der Waals surface area contributed by atoms with E-state index in [0.29, 0.717) is 54.0 Å².